The quantitative estimate of drug-likeness (QED) is 0.594. The molecule has 27 heavy (non-hydrogen) atoms. The Kier molecular flexibility index (Phi) is 4.96. The van der Waals surface area contributed by atoms with Crippen molar-refractivity contribution in [2.45, 2.75) is 38.1 Å². The van der Waals surface area contributed by atoms with E-state index in [1.807, 2.05) is 0 Å². The Morgan fingerprint density at radius 2 is 1.44 bits per heavy atom. The molecule has 4 rings (SSSR count). The minimum atomic E-state index is -1.21. The summed E-state index contributed by atoms with van der Waals surface area (Å²) in [4.78, 5) is 27.8. The molecule has 2 bridgehead atoms. The number of fused-ring (bicyclic) bond motifs is 5. The number of hydrogen-bond acceptors (Lipinski definition) is 8. The van der Waals surface area contributed by atoms with Gasteiger partial charge in [-0.2, -0.15) is 0 Å². The van der Waals surface area contributed by atoms with Crippen LogP contribution in [0.1, 0.15) is 32.1 Å². The van der Waals surface area contributed by atoms with Gasteiger partial charge < -0.3 is 10.8 Å². The zero-order valence-electron chi connectivity index (χ0n) is 14.4. The fourth-order valence-corrected chi connectivity index (χ4v) is 5.10. The summed E-state index contributed by atoms with van der Waals surface area (Å²) in [6.07, 6.45) is 7.33. The van der Waals surface area contributed by atoms with Gasteiger partial charge in [0.1, 0.15) is 0 Å². The molecule has 3 fully saturated rings. The molecule has 146 valence electrons. The van der Waals surface area contributed by atoms with Crippen LogP contribution in [0.25, 0.3) is 0 Å². The van der Waals surface area contributed by atoms with Gasteiger partial charge >= 0.3 is 11.4 Å². The molecule has 0 radical (unpaired) electrons. The number of non-ortho nitro benzene ring substituents is 1. The summed E-state index contributed by atoms with van der Waals surface area (Å²) >= 11 is 0. The number of rotatable bonds is 3. The van der Waals surface area contributed by atoms with E-state index < -0.39 is 37.6 Å². The molecule has 11 heteroatoms. The standard InChI is InChI=1S/C10H17N.C6H3N3O7/c11-9-4-3-8-6-1-2-7(5-6)10(8)9;10-6-4(8(13)14)1-3(7(11)12)2-5(6)9(15)16/h6-10H,1-5,11H2;1-2,10H. The third-order valence-electron chi connectivity index (χ3n) is 6.14. The van der Waals surface area contributed by atoms with Crippen molar-refractivity contribution in [2.75, 3.05) is 0 Å². The average Bonchev–Trinajstić information content (AvgIpc) is 3.29. The van der Waals surface area contributed by atoms with Gasteiger partial charge in [0, 0.05) is 6.04 Å². The van der Waals surface area contributed by atoms with Gasteiger partial charge in [0.2, 0.25) is 0 Å². The number of phenolic OH excluding ortho intramolecular Hbond substituents is 1. The van der Waals surface area contributed by atoms with Crippen molar-refractivity contribution in [3.63, 3.8) is 0 Å². The van der Waals surface area contributed by atoms with Crippen LogP contribution in [-0.4, -0.2) is 25.9 Å². The van der Waals surface area contributed by atoms with E-state index in [1.165, 1.54) is 32.1 Å². The number of nitro benzene ring substituents is 3. The van der Waals surface area contributed by atoms with Gasteiger partial charge in [0.05, 0.1) is 26.9 Å². The smallest absolute Gasteiger partial charge is 0.324 e. The molecule has 0 amide bonds. The van der Waals surface area contributed by atoms with E-state index in [0.717, 1.165) is 23.7 Å². The first-order valence-electron chi connectivity index (χ1n) is 8.76. The van der Waals surface area contributed by atoms with E-state index in [1.54, 1.807) is 0 Å². The molecule has 3 N–H and O–H groups in total. The first-order chi connectivity index (χ1) is 12.7. The molecule has 3 aliphatic carbocycles. The zero-order chi connectivity index (χ0) is 19.9. The Morgan fingerprint density at radius 1 is 0.889 bits per heavy atom. The van der Waals surface area contributed by atoms with Crippen molar-refractivity contribution in [1.29, 1.82) is 0 Å². The minimum absolute atomic E-state index is 0.447. The summed E-state index contributed by atoms with van der Waals surface area (Å²) in [6.45, 7) is 0. The van der Waals surface area contributed by atoms with Gasteiger partial charge in [-0.3, -0.25) is 30.3 Å². The van der Waals surface area contributed by atoms with Crippen molar-refractivity contribution in [2.24, 2.45) is 29.4 Å². The maximum atomic E-state index is 10.4. The number of aromatic hydroxyl groups is 1. The second kappa shape index (κ2) is 7.06. The second-order valence-corrected chi connectivity index (χ2v) is 7.42. The molecule has 0 spiro atoms. The second-order valence-electron chi connectivity index (χ2n) is 7.42. The summed E-state index contributed by atoms with van der Waals surface area (Å²) in [7, 11) is 0. The first kappa shape index (κ1) is 19.0. The van der Waals surface area contributed by atoms with Crippen molar-refractivity contribution in [3.05, 3.63) is 42.5 Å². The molecule has 0 aromatic heterocycles. The van der Waals surface area contributed by atoms with Gasteiger partial charge in [-0.15, -0.1) is 0 Å². The zero-order valence-corrected chi connectivity index (χ0v) is 14.4. The molecule has 0 saturated heterocycles. The van der Waals surface area contributed by atoms with Crippen LogP contribution >= 0.6 is 0 Å². The monoisotopic (exact) mass is 380 g/mol. The lowest BCUT2D eigenvalue weighted by Crippen LogP contribution is -2.31. The lowest BCUT2D eigenvalue weighted by molar-refractivity contribution is -0.404. The predicted octanol–water partition coefficient (Wildman–Crippen LogP) is 2.89. The van der Waals surface area contributed by atoms with Crippen LogP contribution in [0.3, 0.4) is 0 Å². The molecule has 0 heterocycles. The molecule has 3 saturated carbocycles. The van der Waals surface area contributed by atoms with E-state index in [9.17, 15) is 30.3 Å². The third-order valence-corrected chi connectivity index (χ3v) is 6.14. The van der Waals surface area contributed by atoms with Crippen molar-refractivity contribution in [1.82, 2.24) is 0 Å². The number of benzene rings is 1. The lowest BCUT2D eigenvalue weighted by Gasteiger charge is -2.26. The summed E-state index contributed by atoms with van der Waals surface area (Å²) < 4.78 is 0. The Hall–Kier alpha value is -2.82. The maximum absolute atomic E-state index is 10.4. The topological polar surface area (TPSA) is 176 Å². The summed E-state index contributed by atoms with van der Waals surface area (Å²) in [6, 6.07) is 1.47. The number of nitro groups is 3. The number of nitrogens with zero attached hydrogens (tertiary/aromatic N) is 3. The highest BCUT2D eigenvalue weighted by Gasteiger charge is 2.52. The number of hydrogen-bond donors (Lipinski definition) is 2. The van der Waals surface area contributed by atoms with Gasteiger partial charge in [0.15, 0.2) is 0 Å². The number of phenols is 1. The maximum Gasteiger partial charge on any atom is 0.324 e. The minimum Gasteiger partial charge on any atom is -0.497 e. The van der Waals surface area contributed by atoms with Crippen LogP contribution in [0.15, 0.2) is 12.1 Å². The average molecular weight is 380 g/mol. The fourth-order valence-electron chi connectivity index (χ4n) is 5.10. The van der Waals surface area contributed by atoms with E-state index >= 15 is 0 Å². The first-order valence-corrected chi connectivity index (χ1v) is 8.76. The molecule has 3 aliphatic rings. The van der Waals surface area contributed by atoms with E-state index in [-0.39, 0.29) is 0 Å². The molecular weight excluding hydrogens is 360 g/mol. The van der Waals surface area contributed by atoms with E-state index in [2.05, 4.69) is 0 Å². The third kappa shape index (κ3) is 3.42. The van der Waals surface area contributed by atoms with Crippen molar-refractivity contribution >= 4 is 17.1 Å². The van der Waals surface area contributed by atoms with E-state index in [0.29, 0.717) is 18.2 Å². The van der Waals surface area contributed by atoms with Crippen LogP contribution in [0.4, 0.5) is 17.1 Å². The normalized spacial score (nSPS) is 30.3. The highest BCUT2D eigenvalue weighted by molar-refractivity contribution is 5.64. The van der Waals surface area contributed by atoms with Gasteiger partial charge in [-0.05, 0) is 55.8 Å². The molecule has 1 aromatic rings. The molecule has 5 atom stereocenters. The lowest BCUT2D eigenvalue weighted by atomic mass is 9.80. The fraction of sp³-hybridized carbons (Fsp3) is 0.625. The largest absolute Gasteiger partial charge is 0.497 e. The Labute approximate surface area is 153 Å². The molecule has 1 aromatic carbocycles. The van der Waals surface area contributed by atoms with Crippen molar-refractivity contribution in [3.8, 4) is 5.75 Å². The molecule has 5 unspecified atom stereocenters. The van der Waals surface area contributed by atoms with Crippen molar-refractivity contribution < 1.29 is 19.9 Å². The summed E-state index contributed by atoms with van der Waals surface area (Å²) in [5.41, 5.74) is 3.10. The molecule has 11 nitrogen and oxygen atoms in total. The van der Waals surface area contributed by atoms with Gasteiger partial charge in [0.25, 0.3) is 11.4 Å². The predicted molar refractivity (Wildman–Crippen MR) is 93.1 cm³/mol. The summed E-state index contributed by atoms with van der Waals surface area (Å²) in [5, 5.41) is 40.2. The van der Waals surface area contributed by atoms with Crippen LogP contribution in [0.5, 0.6) is 5.75 Å². The van der Waals surface area contributed by atoms with Crippen LogP contribution in [0.2, 0.25) is 0 Å². The molecule has 0 aliphatic heterocycles. The Balaban J connectivity index is 0.000000164. The molecular formula is C16H20N4O7. The van der Waals surface area contributed by atoms with E-state index in [4.69, 9.17) is 10.8 Å². The number of nitrogens with two attached hydrogens (primary N) is 1. The highest BCUT2D eigenvalue weighted by Crippen LogP contribution is 2.58. The Morgan fingerprint density at radius 3 is 1.93 bits per heavy atom. The van der Waals surface area contributed by atoms with Crippen LogP contribution in [-0.2, 0) is 0 Å². The summed E-state index contributed by atoms with van der Waals surface area (Å²) in [5.74, 6) is 2.94. The highest BCUT2D eigenvalue weighted by atomic mass is 16.6. The van der Waals surface area contributed by atoms with Crippen LogP contribution < -0.4 is 5.73 Å². The van der Waals surface area contributed by atoms with Gasteiger partial charge in [-0.25, -0.2) is 0 Å². The SMILES string of the molecule is NC1CCC2C3CCC(C3)C12.O=[N+]([O-])c1cc([N+](=O)[O-])c(O)c([N+](=O)[O-])c1. The van der Waals surface area contributed by atoms with Crippen LogP contribution in [0, 0.1) is 54.0 Å². The van der Waals surface area contributed by atoms with Gasteiger partial charge in [-0.1, -0.05) is 0 Å². The Bertz CT molecular complexity index is 764.